The average Bonchev–Trinajstić information content (AvgIpc) is 3.41. The molecule has 4 aromatic rings. The molecule has 0 amide bonds. The van der Waals surface area contributed by atoms with Crippen molar-refractivity contribution >= 4 is 28.0 Å². The monoisotopic (exact) mass is 408 g/mol. The first kappa shape index (κ1) is 21.4. The van der Waals surface area contributed by atoms with E-state index in [9.17, 15) is 4.79 Å². The summed E-state index contributed by atoms with van der Waals surface area (Å²) in [7, 11) is 0. The van der Waals surface area contributed by atoms with Gasteiger partial charge in [0, 0.05) is 0 Å². The van der Waals surface area contributed by atoms with Crippen LogP contribution in [-0.4, -0.2) is 41.9 Å². The highest BCUT2D eigenvalue weighted by molar-refractivity contribution is 6.00. The second kappa shape index (κ2) is 10.5. The van der Waals surface area contributed by atoms with Crippen molar-refractivity contribution in [3.63, 3.8) is 0 Å². The summed E-state index contributed by atoms with van der Waals surface area (Å²) < 4.78 is 0. The van der Waals surface area contributed by atoms with E-state index in [4.69, 9.17) is 5.11 Å². The highest BCUT2D eigenvalue weighted by Gasteiger charge is 2.10. The topological polar surface area (TPSA) is 120 Å². The predicted octanol–water partition coefficient (Wildman–Crippen LogP) is 4.83. The van der Waals surface area contributed by atoms with Gasteiger partial charge in [-0.15, -0.1) is 0 Å². The van der Waals surface area contributed by atoms with E-state index in [1.54, 1.807) is 12.1 Å². The summed E-state index contributed by atoms with van der Waals surface area (Å²) in [5, 5.41) is 29.7. The first-order chi connectivity index (χ1) is 14.6. The second-order valence-electron chi connectivity index (χ2n) is 7.37. The molecule has 2 aromatic carbocycles. The van der Waals surface area contributed by atoms with E-state index in [0.717, 1.165) is 17.5 Å². The molecule has 0 aliphatic carbocycles. The predicted molar refractivity (Wildman–Crippen MR) is 117 cm³/mol. The lowest BCUT2D eigenvalue weighted by Gasteiger charge is -2.06. The normalized spacial score (nSPS) is 10.9. The van der Waals surface area contributed by atoms with Gasteiger partial charge >= 0.3 is 5.97 Å². The molecule has 4 rings (SSSR count). The van der Waals surface area contributed by atoms with Gasteiger partial charge in [0.25, 0.3) is 0 Å². The Morgan fingerprint density at radius 3 is 2.27 bits per heavy atom. The Hall–Kier alpha value is -3.29. The lowest BCUT2D eigenvalue weighted by atomic mass is 10.00. The summed E-state index contributed by atoms with van der Waals surface area (Å²) in [4.78, 5) is 10.6. The standard InChI is InChI=1S/C15H23N3.C7H5N3O2/c1-3-4-5-6-7-8-9-13-12(2)10-11-14-15(13)17-18-16-14;11-7(12)4-2-1-3-5-6(4)9-10-8-5/h10-11H,3-9H2,1-2H3,(H,16,17,18);1-3H,(H,11,12)(H,8,9,10). The van der Waals surface area contributed by atoms with E-state index >= 15 is 0 Å². The molecule has 0 atom stereocenters. The zero-order chi connectivity index (χ0) is 21.3. The number of aromatic nitrogens is 6. The highest BCUT2D eigenvalue weighted by Crippen LogP contribution is 2.21. The number of hydrogen-bond donors (Lipinski definition) is 3. The van der Waals surface area contributed by atoms with Crippen molar-refractivity contribution in [1.29, 1.82) is 0 Å². The molecular formula is C22H28N6O2. The molecule has 0 saturated heterocycles. The summed E-state index contributed by atoms with van der Waals surface area (Å²) in [6.45, 7) is 4.43. The molecule has 0 saturated carbocycles. The zero-order valence-corrected chi connectivity index (χ0v) is 17.5. The number of benzene rings is 2. The summed E-state index contributed by atoms with van der Waals surface area (Å²) in [6, 6.07) is 9.02. The number of aromatic carboxylic acids is 1. The number of unbranched alkanes of at least 4 members (excludes halogenated alkanes) is 5. The Bertz CT molecular complexity index is 1100. The summed E-state index contributed by atoms with van der Waals surface area (Å²) in [5.41, 5.74) is 5.88. The van der Waals surface area contributed by atoms with Gasteiger partial charge in [0.05, 0.1) is 5.56 Å². The van der Waals surface area contributed by atoms with Crippen molar-refractivity contribution in [1.82, 2.24) is 30.8 Å². The molecule has 8 nitrogen and oxygen atoms in total. The molecule has 2 heterocycles. The summed E-state index contributed by atoms with van der Waals surface area (Å²) in [5.74, 6) is -0.991. The van der Waals surface area contributed by atoms with E-state index in [1.165, 1.54) is 55.7 Å². The maximum atomic E-state index is 10.6. The largest absolute Gasteiger partial charge is 0.478 e. The third-order valence-corrected chi connectivity index (χ3v) is 5.19. The number of hydrogen-bond acceptors (Lipinski definition) is 5. The Labute approximate surface area is 175 Å². The maximum Gasteiger partial charge on any atom is 0.338 e. The van der Waals surface area contributed by atoms with Crippen LogP contribution in [0.4, 0.5) is 0 Å². The van der Waals surface area contributed by atoms with Gasteiger partial charge in [-0.25, -0.2) is 4.79 Å². The fourth-order valence-corrected chi connectivity index (χ4v) is 3.51. The number of aryl methyl sites for hydroxylation is 2. The Kier molecular flexibility index (Phi) is 7.48. The number of carbonyl (C=O) groups is 1. The van der Waals surface area contributed by atoms with Crippen molar-refractivity contribution in [2.24, 2.45) is 0 Å². The van der Waals surface area contributed by atoms with Crippen molar-refractivity contribution < 1.29 is 9.90 Å². The zero-order valence-electron chi connectivity index (χ0n) is 17.5. The molecular weight excluding hydrogens is 380 g/mol. The van der Waals surface area contributed by atoms with Crippen LogP contribution in [0.2, 0.25) is 0 Å². The van der Waals surface area contributed by atoms with Gasteiger partial charge in [-0.1, -0.05) is 51.2 Å². The molecule has 0 unspecified atom stereocenters. The third-order valence-electron chi connectivity index (χ3n) is 5.19. The molecule has 0 aliphatic heterocycles. The smallest absolute Gasteiger partial charge is 0.338 e. The van der Waals surface area contributed by atoms with Gasteiger partial charge < -0.3 is 5.11 Å². The van der Waals surface area contributed by atoms with Crippen LogP contribution >= 0.6 is 0 Å². The minimum Gasteiger partial charge on any atom is -0.478 e. The van der Waals surface area contributed by atoms with Crippen molar-refractivity contribution in [3.05, 3.63) is 47.0 Å². The van der Waals surface area contributed by atoms with Crippen LogP contribution in [0.1, 0.15) is 66.9 Å². The van der Waals surface area contributed by atoms with Crippen LogP contribution < -0.4 is 0 Å². The van der Waals surface area contributed by atoms with Crippen LogP contribution in [0.3, 0.4) is 0 Å². The molecule has 30 heavy (non-hydrogen) atoms. The molecule has 0 fully saturated rings. The number of carboxylic acids is 1. The van der Waals surface area contributed by atoms with Crippen LogP contribution in [0.25, 0.3) is 22.1 Å². The van der Waals surface area contributed by atoms with Gasteiger partial charge in [-0.05, 0) is 49.1 Å². The van der Waals surface area contributed by atoms with Gasteiger partial charge in [0.1, 0.15) is 22.1 Å². The Morgan fingerprint density at radius 1 is 0.867 bits per heavy atom. The number of aromatic amines is 2. The molecule has 0 radical (unpaired) electrons. The molecule has 0 spiro atoms. The minimum atomic E-state index is -0.991. The summed E-state index contributed by atoms with van der Waals surface area (Å²) in [6.07, 6.45) is 9.15. The van der Waals surface area contributed by atoms with Gasteiger partial charge in [0.2, 0.25) is 0 Å². The van der Waals surface area contributed by atoms with E-state index in [2.05, 4.69) is 50.7 Å². The second-order valence-corrected chi connectivity index (χ2v) is 7.37. The number of nitrogens with one attached hydrogen (secondary N) is 2. The number of rotatable bonds is 8. The lowest BCUT2D eigenvalue weighted by molar-refractivity contribution is 0.0699. The average molecular weight is 409 g/mol. The fraction of sp³-hybridized carbons (Fsp3) is 0.409. The first-order valence-corrected chi connectivity index (χ1v) is 10.4. The van der Waals surface area contributed by atoms with E-state index < -0.39 is 5.97 Å². The summed E-state index contributed by atoms with van der Waals surface area (Å²) >= 11 is 0. The van der Waals surface area contributed by atoms with Crippen LogP contribution in [-0.2, 0) is 6.42 Å². The van der Waals surface area contributed by atoms with Gasteiger partial charge in [0.15, 0.2) is 0 Å². The van der Waals surface area contributed by atoms with Crippen molar-refractivity contribution in [2.45, 2.75) is 58.8 Å². The fourth-order valence-electron chi connectivity index (χ4n) is 3.51. The number of para-hydroxylation sites is 1. The molecule has 0 aliphatic rings. The lowest BCUT2D eigenvalue weighted by Crippen LogP contribution is -1.96. The maximum absolute atomic E-state index is 10.6. The Morgan fingerprint density at radius 2 is 1.53 bits per heavy atom. The van der Waals surface area contributed by atoms with E-state index in [0.29, 0.717) is 11.0 Å². The van der Waals surface area contributed by atoms with E-state index in [-0.39, 0.29) is 5.56 Å². The first-order valence-electron chi connectivity index (χ1n) is 10.4. The van der Waals surface area contributed by atoms with Crippen LogP contribution in [0, 0.1) is 6.92 Å². The third kappa shape index (κ3) is 5.20. The van der Waals surface area contributed by atoms with Gasteiger partial charge in [-0.3, -0.25) is 0 Å². The number of fused-ring (bicyclic) bond motifs is 2. The minimum absolute atomic E-state index is 0.168. The number of carboxylic acid groups (broad SMARTS) is 1. The molecule has 158 valence electrons. The molecule has 2 aromatic heterocycles. The van der Waals surface area contributed by atoms with E-state index in [1.807, 2.05) is 6.07 Å². The van der Waals surface area contributed by atoms with Crippen molar-refractivity contribution in [2.75, 3.05) is 0 Å². The molecule has 8 heteroatoms. The van der Waals surface area contributed by atoms with Crippen LogP contribution in [0.5, 0.6) is 0 Å². The molecule has 0 bridgehead atoms. The quantitative estimate of drug-likeness (QED) is 0.359. The Balaban J connectivity index is 0.000000184. The van der Waals surface area contributed by atoms with Crippen LogP contribution in [0.15, 0.2) is 30.3 Å². The number of nitrogens with zero attached hydrogens (tertiary/aromatic N) is 4. The molecule has 3 N–H and O–H groups in total. The SMILES string of the molecule is CCCCCCCCc1c(C)ccc2n[nH]nc12.O=C(O)c1cccc2n[nH]nc12. The van der Waals surface area contributed by atoms with Gasteiger partial charge in [-0.2, -0.15) is 30.8 Å². The highest BCUT2D eigenvalue weighted by atomic mass is 16.4. The number of H-pyrrole nitrogens is 2. The van der Waals surface area contributed by atoms with Crippen molar-refractivity contribution in [3.8, 4) is 0 Å².